The minimum Gasteiger partial charge on any atom is -0.358 e. The summed E-state index contributed by atoms with van der Waals surface area (Å²) in [6.45, 7) is 5.53. The van der Waals surface area contributed by atoms with Gasteiger partial charge in [-0.05, 0) is 13.8 Å². The fraction of sp³-hybridized carbons (Fsp3) is 0.600. The van der Waals surface area contributed by atoms with E-state index in [1.54, 1.807) is 0 Å². The molecule has 2 rings (SSSR count). The van der Waals surface area contributed by atoms with E-state index in [2.05, 4.69) is 15.3 Å². The Morgan fingerprint density at radius 3 is 2.93 bits per heavy atom. The van der Waals surface area contributed by atoms with Crippen molar-refractivity contribution in [1.82, 2.24) is 9.78 Å². The highest BCUT2D eigenvalue weighted by molar-refractivity contribution is 5.96. The van der Waals surface area contributed by atoms with Gasteiger partial charge < -0.3 is 10.2 Å². The van der Waals surface area contributed by atoms with Crippen LogP contribution in [0.15, 0.2) is 0 Å². The van der Waals surface area contributed by atoms with Gasteiger partial charge in [0.15, 0.2) is 5.82 Å². The molecule has 1 aromatic rings. The first kappa shape index (κ1) is 10.0. The van der Waals surface area contributed by atoms with Gasteiger partial charge in [0.05, 0.1) is 5.69 Å². The number of rotatable bonds is 1. The topological polar surface area (TPSA) is 50.2 Å². The Labute approximate surface area is 89.1 Å². The number of aromatic nitrogens is 2. The molecular weight excluding hydrogens is 192 g/mol. The lowest BCUT2D eigenvalue weighted by Crippen LogP contribution is -2.22. The zero-order valence-electron chi connectivity index (χ0n) is 9.37. The van der Waals surface area contributed by atoms with Gasteiger partial charge in [-0.25, -0.2) is 4.68 Å². The largest absolute Gasteiger partial charge is 0.358 e. The monoisotopic (exact) mass is 208 g/mol. The van der Waals surface area contributed by atoms with E-state index in [1.807, 2.05) is 25.6 Å². The van der Waals surface area contributed by atoms with Crippen molar-refractivity contribution in [2.45, 2.75) is 26.8 Å². The van der Waals surface area contributed by atoms with Gasteiger partial charge in [0.1, 0.15) is 5.69 Å². The van der Waals surface area contributed by atoms with E-state index in [0.717, 1.165) is 30.3 Å². The number of aryl methyl sites for hydroxylation is 2. The molecule has 1 amide bonds. The van der Waals surface area contributed by atoms with Crippen molar-refractivity contribution < 1.29 is 4.79 Å². The summed E-state index contributed by atoms with van der Waals surface area (Å²) in [4.78, 5) is 13.5. The molecule has 82 valence electrons. The third-order valence-electron chi connectivity index (χ3n) is 2.70. The minimum atomic E-state index is 0.0688. The molecule has 0 bridgehead atoms. The van der Waals surface area contributed by atoms with Crippen molar-refractivity contribution in [3.63, 3.8) is 0 Å². The van der Waals surface area contributed by atoms with Crippen molar-refractivity contribution >= 4 is 17.4 Å². The van der Waals surface area contributed by atoms with Gasteiger partial charge in [-0.1, -0.05) is 0 Å². The van der Waals surface area contributed by atoms with Crippen LogP contribution in [0.25, 0.3) is 0 Å². The summed E-state index contributed by atoms with van der Waals surface area (Å²) in [5.41, 5.74) is 1.75. The van der Waals surface area contributed by atoms with Crippen LogP contribution in [0.2, 0.25) is 0 Å². The van der Waals surface area contributed by atoms with Crippen LogP contribution >= 0.6 is 0 Å². The summed E-state index contributed by atoms with van der Waals surface area (Å²) >= 11 is 0. The summed E-state index contributed by atoms with van der Waals surface area (Å²) in [5.74, 6) is 1.08. The molecule has 5 heteroatoms. The Kier molecular flexibility index (Phi) is 2.38. The molecule has 1 aliphatic rings. The second kappa shape index (κ2) is 3.56. The average molecular weight is 208 g/mol. The van der Waals surface area contributed by atoms with Crippen molar-refractivity contribution in [1.29, 1.82) is 0 Å². The van der Waals surface area contributed by atoms with Crippen LogP contribution in [0.3, 0.4) is 0 Å². The second-order valence-corrected chi connectivity index (χ2v) is 3.82. The molecular formula is C10H16N4O. The van der Waals surface area contributed by atoms with E-state index in [4.69, 9.17) is 0 Å². The van der Waals surface area contributed by atoms with Gasteiger partial charge in [0.2, 0.25) is 5.91 Å². The third-order valence-corrected chi connectivity index (χ3v) is 2.70. The molecule has 0 saturated heterocycles. The summed E-state index contributed by atoms with van der Waals surface area (Å²) in [5, 5.41) is 7.31. The molecule has 0 aliphatic carbocycles. The molecule has 1 aliphatic heterocycles. The van der Waals surface area contributed by atoms with E-state index in [-0.39, 0.29) is 5.91 Å². The first-order valence-electron chi connectivity index (χ1n) is 5.22. The van der Waals surface area contributed by atoms with Gasteiger partial charge in [-0.3, -0.25) is 4.79 Å². The zero-order valence-corrected chi connectivity index (χ0v) is 9.37. The number of nitrogens with zero attached hydrogens (tertiary/aromatic N) is 3. The number of carbonyl (C=O) groups excluding carboxylic acids is 1. The Morgan fingerprint density at radius 1 is 1.53 bits per heavy atom. The molecule has 1 aromatic heterocycles. The Hall–Kier alpha value is -1.52. The normalized spacial score (nSPS) is 15.9. The van der Waals surface area contributed by atoms with E-state index >= 15 is 0 Å². The lowest BCUT2D eigenvalue weighted by molar-refractivity contribution is -0.115. The lowest BCUT2D eigenvalue weighted by atomic mass is 10.3. The number of amides is 1. The quantitative estimate of drug-likeness (QED) is 0.748. The van der Waals surface area contributed by atoms with Crippen LogP contribution in [-0.2, 0) is 11.3 Å². The molecule has 0 fully saturated rings. The highest BCUT2D eigenvalue weighted by atomic mass is 16.1. The van der Waals surface area contributed by atoms with Crippen LogP contribution in [0.4, 0.5) is 11.5 Å². The number of nitrogens with one attached hydrogen (secondary N) is 1. The van der Waals surface area contributed by atoms with Gasteiger partial charge >= 0.3 is 0 Å². The smallest absolute Gasteiger partial charge is 0.226 e. The van der Waals surface area contributed by atoms with E-state index in [0.29, 0.717) is 6.42 Å². The summed E-state index contributed by atoms with van der Waals surface area (Å²) in [7, 11) is 1.99. The van der Waals surface area contributed by atoms with Crippen LogP contribution in [0.5, 0.6) is 0 Å². The van der Waals surface area contributed by atoms with E-state index < -0.39 is 0 Å². The molecule has 0 unspecified atom stereocenters. The summed E-state index contributed by atoms with van der Waals surface area (Å²) < 4.78 is 1.93. The first-order valence-corrected chi connectivity index (χ1v) is 5.22. The molecule has 5 nitrogen and oxygen atoms in total. The van der Waals surface area contributed by atoms with E-state index in [1.165, 1.54) is 0 Å². The SMILES string of the molecule is CCn1nc(C)c2c1N(C)CCC(=O)N2. The first-order chi connectivity index (χ1) is 7.13. The number of fused-ring (bicyclic) bond motifs is 1. The molecule has 15 heavy (non-hydrogen) atoms. The number of anilines is 2. The maximum absolute atomic E-state index is 11.5. The summed E-state index contributed by atoms with van der Waals surface area (Å²) in [6, 6.07) is 0. The highest BCUT2D eigenvalue weighted by Gasteiger charge is 2.23. The maximum Gasteiger partial charge on any atom is 0.226 e. The predicted octanol–water partition coefficient (Wildman–Crippen LogP) is 0.990. The predicted molar refractivity (Wildman–Crippen MR) is 59.2 cm³/mol. The molecule has 0 atom stereocenters. The third kappa shape index (κ3) is 1.58. The van der Waals surface area contributed by atoms with Crippen molar-refractivity contribution in [3.05, 3.63) is 5.69 Å². The molecule has 0 saturated carbocycles. The molecule has 0 radical (unpaired) electrons. The molecule has 1 N–H and O–H groups in total. The van der Waals surface area contributed by atoms with E-state index in [9.17, 15) is 4.79 Å². The fourth-order valence-corrected chi connectivity index (χ4v) is 1.90. The fourth-order valence-electron chi connectivity index (χ4n) is 1.90. The van der Waals surface area contributed by atoms with Gasteiger partial charge in [0, 0.05) is 26.6 Å². The Bertz CT molecular complexity index is 396. The van der Waals surface area contributed by atoms with Gasteiger partial charge in [0.25, 0.3) is 0 Å². The zero-order chi connectivity index (χ0) is 11.0. The number of carbonyl (C=O) groups is 1. The van der Waals surface area contributed by atoms with Gasteiger partial charge in [-0.15, -0.1) is 0 Å². The summed E-state index contributed by atoms with van der Waals surface area (Å²) in [6.07, 6.45) is 0.536. The minimum absolute atomic E-state index is 0.0688. The average Bonchev–Trinajstić information content (AvgIpc) is 2.43. The van der Waals surface area contributed by atoms with Crippen molar-refractivity contribution in [2.75, 3.05) is 23.8 Å². The van der Waals surface area contributed by atoms with Crippen LogP contribution in [0.1, 0.15) is 19.0 Å². The van der Waals surface area contributed by atoms with Gasteiger partial charge in [-0.2, -0.15) is 5.10 Å². The standard InChI is InChI=1S/C10H16N4O/c1-4-14-10-9(7(2)12-14)11-8(15)5-6-13(10)3/h4-6H2,1-3H3,(H,11,15). The lowest BCUT2D eigenvalue weighted by Gasteiger charge is -2.17. The molecule has 0 aromatic carbocycles. The number of hydrogen-bond acceptors (Lipinski definition) is 3. The number of hydrogen-bond donors (Lipinski definition) is 1. The van der Waals surface area contributed by atoms with Crippen LogP contribution in [-0.4, -0.2) is 29.3 Å². The molecule has 0 spiro atoms. The van der Waals surface area contributed by atoms with Crippen molar-refractivity contribution in [3.8, 4) is 0 Å². The molecule has 2 heterocycles. The maximum atomic E-state index is 11.5. The van der Waals surface area contributed by atoms with Crippen LogP contribution in [0, 0.1) is 6.92 Å². The van der Waals surface area contributed by atoms with Crippen molar-refractivity contribution in [2.24, 2.45) is 0 Å². The second-order valence-electron chi connectivity index (χ2n) is 3.82. The Balaban J connectivity index is 2.53. The highest BCUT2D eigenvalue weighted by Crippen LogP contribution is 2.30. The van der Waals surface area contributed by atoms with Crippen LogP contribution < -0.4 is 10.2 Å². The Morgan fingerprint density at radius 2 is 2.27 bits per heavy atom.